The highest BCUT2D eigenvalue weighted by atomic mass is 16.6. The van der Waals surface area contributed by atoms with Crippen LogP contribution in [0.5, 0.6) is 0 Å². The molecule has 5 atom stereocenters. The number of unbranched alkanes of at least 4 members (excludes halogenated alkanes) is 14. The number of ether oxygens (including phenoxy) is 1. The van der Waals surface area contributed by atoms with E-state index in [-0.39, 0.29) is 18.0 Å². The summed E-state index contributed by atoms with van der Waals surface area (Å²) in [5.74, 6) is 1.16. The van der Waals surface area contributed by atoms with Crippen molar-refractivity contribution in [1.82, 2.24) is 4.90 Å². The summed E-state index contributed by atoms with van der Waals surface area (Å²) in [4.78, 5) is 15.9. The first-order chi connectivity index (χ1) is 18.5. The molecule has 2 saturated carbocycles. The molecule has 38 heavy (non-hydrogen) atoms. The summed E-state index contributed by atoms with van der Waals surface area (Å²) in [5, 5.41) is 0. The molecule has 3 aliphatic rings. The SMILES string of the molecule is C=C1CCC[C@]2(C)C[C@H]3OC(=O)C(CN(CCCCCCCCCC)CCCCCCCCCC)[C@H]3C[C@@H]12. The summed E-state index contributed by atoms with van der Waals surface area (Å²) < 4.78 is 6.11. The zero-order valence-corrected chi connectivity index (χ0v) is 25.8. The Balaban J connectivity index is 1.49. The summed E-state index contributed by atoms with van der Waals surface area (Å²) in [6.07, 6.45) is 27.8. The summed E-state index contributed by atoms with van der Waals surface area (Å²) in [7, 11) is 0. The van der Waals surface area contributed by atoms with E-state index in [1.54, 1.807) is 0 Å². The van der Waals surface area contributed by atoms with Gasteiger partial charge in [0.1, 0.15) is 6.10 Å². The van der Waals surface area contributed by atoms with Gasteiger partial charge in [-0.1, -0.05) is 123 Å². The standard InChI is InChI=1S/C35H63NO2/c1-5-7-9-11-13-15-17-19-24-36(25-20-18-16-14-12-10-8-6-2)28-31-30-26-32-29(3)22-21-23-35(32,4)27-33(30)38-34(31)37/h30-33H,3,5-28H2,1-2,4H3/t30-,31?,32+,33-,35-/m1/s1. The average molecular weight is 530 g/mol. The van der Waals surface area contributed by atoms with Gasteiger partial charge in [0.25, 0.3) is 0 Å². The lowest BCUT2D eigenvalue weighted by molar-refractivity contribution is -0.146. The summed E-state index contributed by atoms with van der Waals surface area (Å²) in [5.41, 5.74) is 1.74. The van der Waals surface area contributed by atoms with Gasteiger partial charge in [-0.15, -0.1) is 0 Å². The minimum Gasteiger partial charge on any atom is -0.462 e. The van der Waals surface area contributed by atoms with E-state index in [2.05, 4.69) is 32.3 Å². The highest BCUT2D eigenvalue weighted by Gasteiger charge is 2.55. The lowest BCUT2D eigenvalue weighted by Gasteiger charge is -2.50. The van der Waals surface area contributed by atoms with E-state index in [4.69, 9.17) is 4.74 Å². The third kappa shape index (κ3) is 9.67. The third-order valence-electron chi connectivity index (χ3n) is 10.4. The number of carbonyl (C=O) groups is 1. The van der Waals surface area contributed by atoms with Crippen LogP contribution in [-0.4, -0.2) is 36.6 Å². The van der Waals surface area contributed by atoms with Crippen LogP contribution in [-0.2, 0) is 9.53 Å². The van der Waals surface area contributed by atoms with Crippen molar-refractivity contribution in [2.45, 2.75) is 162 Å². The number of carbonyl (C=O) groups excluding carboxylic acids is 1. The van der Waals surface area contributed by atoms with Gasteiger partial charge in [-0.2, -0.15) is 0 Å². The van der Waals surface area contributed by atoms with Crippen LogP contribution in [0.25, 0.3) is 0 Å². The first-order valence-electron chi connectivity index (χ1n) is 17.1. The Bertz CT molecular complexity index is 669. The Morgan fingerprint density at radius 3 is 1.92 bits per heavy atom. The summed E-state index contributed by atoms with van der Waals surface area (Å²) >= 11 is 0. The Kier molecular flexibility index (Phi) is 14.3. The van der Waals surface area contributed by atoms with Crippen LogP contribution < -0.4 is 0 Å². The zero-order valence-electron chi connectivity index (χ0n) is 25.8. The van der Waals surface area contributed by atoms with Crippen molar-refractivity contribution in [3.8, 4) is 0 Å². The van der Waals surface area contributed by atoms with Gasteiger partial charge in [-0.05, 0) is 69.4 Å². The monoisotopic (exact) mass is 529 g/mol. The zero-order chi connectivity index (χ0) is 27.2. The smallest absolute Gasteiger partial charge is 0.310 e. The highest BCUT2D eigenvalue weighted by Crippen LogP contribution is 2.56. The second-order valence-electron chi connectivity index (χ2n) is 13.7. The van der Waals surface area contributed by atoms with E-state index in [1.807, 2.05) is 0 Å². The first kappa shape index (κ1) is 31.7. The molecule has 3 fully saturated rings. The van der Waals surface area contributed by atoms with Crippen LogP contribution in [0.1, 0.15) is 156 Å². The highest BCUT2D eigenvalue weighted by molar-refractivity contribution is 5.75. The maximum absolute atomic E-state index is 13.2. The van der Waals surface area contributed by atoms with Gasteiger partial charge < -0.3 is 9.64 Å². The van der Waals surface area contributed by atoms with Gasteiger partial charge >= 0.3 is 5.97 Å². The molecule has 2 aliphatic carbocycles. The number of esters is 1. The number of allylic oxidation sites excluding steroid dienone is 1. The Morgan fingerprint density at radius 2 is 1.37 bits per heavy atom. The van der Waals surface area contributed by atoms with E-state index in [0.29, 0.717) is 17.3 Å². The van der Waals surface area contributed by atoms with Gasteiger partial charge in [-0.25, -0.2) is 0 Å². The van der Waals surface area contributed by atoms with E-state index in [0.717, 1.165) is 32.5 Å². The minimum atomic E-state index is 0.0716. The molecular formula is C35H63NO2. The molecule has 1 unspecified atom stereocenters. The molecule has 220 valence electrons. The van der Waals surface area contributed by atoms with Crippen molar-refractivity contribution in [3.05, 3.63) is 12.2 Å². The van der Waals surface area contributed by atoms with Gasteiger partial charge in [0.15, 0.2) is 0 Å². The predicted octanol–water partition coefficient (Wildman–Crippen LogP) is 9.88. The quantitative estimate of drug-likeness (QED) is 0.0892. The molecule has 0 radical (unpaired) electrons. The van der Waals surface area contributed by atoms with Crippen LogP contribution >= 0.6 is 0 Å². The molecule has 0 aromatic carbocycles. The normalized spacial score (nSPS) is 28.9. The molecule has 3 rings (SSSR count). The van der Waals surface area contributed by atoms with E-state index in [1.165, 1.54) is 128 Å². The van der Waals surface area contributed by atoms with E-state index in [9.17, 15) is 4.79 Å². The van der Waals surface area contributed by atoms with Crippen molar-refractivity contribution >= 4 is 5.97 Å². The van der Waals surface area contributed by atoms with Crippen LogP contribution in [0.15, 0.2) is 12.2 Å². The summed E-state index contributed by atoms with van der Waals surface area (Å²) in [6, 6.07) is 0. The maximum atomic E-state index is 13.2. The van der Waals surface area contributed by atoms with Crippen molar-refractivity contribution in [2.24, 2.45) is 23.2 Å². The van der Waals surface area contributed by atoms with E-state index >= 15 is 0 Å². The average Bonchev–Trinajstić information content (AvgIpc) is 3.18. The summed E-state index contributed by atoms with van der Waals surface area (Å²) in [6.45, 7) is 14.7. The fraction of sp³-hybridized carbons (Fsp3) is 0.914. The molecule has 0 amide bonds. The van der Waals surface area contributed by atoms with Gasteiger partial charge in [-0.3, -0.25) is 4.79 Å². The third-order valence-corrected chi connectivity index (χ3v) is 10.4. The fourth-order valence-electron chi connectivity index (χ4n) is 7.98. The molecule has 0 aromatic rings. The molecule has 1 saturated heterocycles. The molecule has 3 heteroatoms. The Morgan fingerprint density at radius 1 is 0.842 bits per heavy atom. The second kappa shape index (κ2) is 17.1. The van der Waals surface area contributed by atoms with Gasteiger partial charge in [0.05, 0.1) is 5.92 Å². The molecule has 1 heterocycles. The number of fused-ring (bicyclic) bond motifs is 2. The van der Waals surface area contributed by atoms with E-state index < -0.39 is 0 Å². The van der Waals surface area contributed by atoms with Crippen LogP contribution in [0, 0.1) is 23.2 Å². The molecule has 0 aromatic heterocycles. The topological polar surface area (TPSA) is 29.5 Å². The van der Waals surface area contributed by atoms with Crippen LogP contribution in [0.2, 0.25) is 0 Å². The molecule has 1 aliphatic heterocycles. The predicted molar refractivity (Wildman–Crippen MR) is 162 cm³/mol. The van der Waals surface area contributed by atoms with Crippen molar-refractivity contribution in [3.63, 3.8) is 0 Å². The van der Waals surface area contributed by atoms with Gasteiger partial charge in [0, 0.05) is 12.5 Å². The second-order valence-corrected chi connectivity index (χ2v) is 13.7. The van der Waals surface area contributed by atoms with Crippen molar-refractivity contribution < 1.29 is 9.53 Å². The largest absolute Gasteiger partial charge is 0.462 e. The lowest BCUT2D eigenvalue weighted by Crippen LogP contribution is -2.45. The van der Waals surface area contributed by atoms with Crippen molar-refractivity contribution in [1.29, 1.82) is 0 Å². The number of rotatable bonds is 20. The van der Waals surface area contributed by atoms with Crippen molar-refractivity contribution in [2.75, 3.05) is 19.6 Å². The molecular weight excluding hydrogens is 466 g/mol. The minimum absolute atomic E-state index is 0.0716. The Hall–Kier alpha value is -0.830. The number of hydrogen-bond acceptors (Lipinski definition) is 3. The molecule has 0 bridgehead atoms. The maximum Gasteiger partial charge on any atom is 0.310 e. The number of nitrogens with zero attached hydrogens (tertiary/aromatic N) is 1. The first-order valence-corrected chi connectivity index (χ1v) is 17.1. The van der Waals surface area contributed by atoms with Crippen LogP contribution in [0.4, 0.5) is 0 Å². The lowest BCUT2D eigenvalue weighted by atomic mass is 9.55. The number of hydrogen-bond donors (Lipinski definition) is 0. The molecule has 0 N–H and O–H groups in total. The Labute approximate surface area is 236 Å². The van der Waals surface area contributed by atoms with Crippen LogP contribution in [0.3, 0.4) is 0 Å². The van der Waals surface area contributed by atoms with Gasteiger partial charge in [0.2, 0.25) is 0 Å². The molecule has 3 nitrogen and oxygen atoms in total. The fourth-order valence-corrected chi connectivity index (χ4v) is 7.98. The molecule has 0 spiro atoms.